The molecule has 0 unspecified atom stereocenters. The van der Waals surface area contributed by atoms with Crippen LogP contribution in [0.15, 0.2) is 18.2 Å². The normalized spacial score (nSPS) is 12.0. The van der Waals surface area contributed by atoms with Crippen LogP contribution in [0.1, 0.15) is 25.8 Å². The van der Waals surface area contributed by atoms with Crippen molar-refractivity contribution in [2.45, 2.75) is 32.7 Å². The van der Waals surface area contributed by atoms with E-state index in [2.05, 4.69) is 0 Å². The van der Waals surface area contributed by atoms with Crippen molar-refractivity contribution in [2.24, 2.45) is 0 Å². The molecule has 1 aromatic rings. The number of ether oxygens (including phenoxy) is 2. The van der Waals surface area contributed by atoms with E-state index in [0.29, 0.717) is 42.1 Å². The Morgan fingerprint density at radius 1 is 1.05 bits per heavy atom. The predicted octanol–water partition coefficient (Wildman–Crippen LogP) is 1.92. The van der Waals surface area contributed by atoms with E-state index in [-0.39, 0.29) is 0 Å². The van der Waals surface area contributed by atoms with Crippen molar-refractivity contribution in [3.8, 4) is 0 Å². The van der Waals surface area contributed by atoms with Crippen LogP contribution in [0.25, 0.3) is 0 Å². The molecule has 0 heterocycles. The van der Waals surface area contributed by atoms with Crippen molar-refractivity contribution in [3.05, 3.63) is 35.4 Å². The standard InChI is InChI=1S/C13H20F2O3Si/c1-3-16-13(18-19,17-4-2)6-5-10-7-11(14)9-12(15)8-10/h7-9H,3-6H2,1-2,19H3. The summed E-state index contributed by atoms with van der Waals surface area (Å²) in [5.74, 6) is -2.26. The zero-order valence-corrected chi connectivity index (χ0v) is 13.5. The molecule has 0 saturated heterocycles. The summed E-state index contributed by atoms with van der Waals surface area (Å²) < 4.78 is 42.6. The van der Waals surface area contributed by atoms with Crippen molar-refractivity contribution < 1.29 is 22.7 Å². The molecule has 0 N–H and O–H groups in total. The van der Waals surface area contributed by atoms with Gasteiger partial charge in [-0.25, -0.2) is 8.78 Å². The number of hydrogen-bond acceptors (Lipinski definition) is 3. The van der Waals surface area contributed by atoms with Gasteiger partial charge in [-0.2, -0.15) is 0 Å². The highest BCUT2D eigenvalue weighted by Crippen LogP contribution is 2.22. The quantitative estimate of drug-likeness (QED) is 0.541. The Hall–Kier alpha value is -0.823. The molecule has 0 fully saturated rings. The van der Waals surface area contributed by atoms with Crippen LogP contribution in [0.5, 0.6) is 0 Å². The third-order valence-corrected chi connectivity index (χ3v) is 3.30. The summed E-state index contributed by atoms with van der Waals surface area (Å²) in [5.41, 5.74) is 0.556. The van der Waals surface area contributed by atoms with Gasteiger partial charge in [-0.3, -0.25) is 0 Å². The summed E-state index contributed by atoms with van der Waals surface area (Å²) in [6.45, 7) is 4.58. The summed E-state index contributed by atoms with van der Waals surface area (Å²) in [6, 6.07) is 3.46. The Morgan fingerprint density at radius 2 is 1.58 bits per heavy atom. The van der Waals surface area contributed by atoms with E-state index in [4.69, 9.17) is 13.9 Å². The van der Waals surface area contributed by atoms with Gasteiger partial charge in [-0.05, 0) is 38.0 Å². The van der Waals surface area contributed by atoms with Gasteiger partial charge in [0, 0.05) is 25.7 Å². The fraction of sp³-hybridized carbons (Fsp3) is 0.538. The number of aryl methyl sites for hydroxylation is 1. The number of benzene rings is 1. The molecular formula is C13H20F2O3Si. The minimum Gasteiger partial charge on any atom is -0.380 e. The highest BCUT2D eigenvalue weighted by atomic mass is 28.2. The molecule has 1 aromatic carbocycles. The average Bonchev–Trinajstić information content (AvgIpc) is 2.35. The topological polar surface area (TPSA) is 27.7 Å². The largest absolute Gasteiger partial charge is 0.380 e. The number of halogens is 2. The average molecular weight is 290 g/mol. The van der Waals surface area contributed by atoms with Gasteiger partial charge in [0.1, 0.15) is 11.6 Å². The lowest BCUT2D eigenvalue weighted by Gasteiger charge is -2.32. The highest BCUT2D eigenvalue weighted by molar-refractivity contribution is 5.98. The van der Waals surface area contributed by atoms with E-state index in [1.165, 1.54) is 12.1 Å². The van der Waals surface area contributed by atoms with Crippen molar-refractivity contribution >= 4 is 10.5 Å². The minimum atomic E-state index is -1.10. The molecule has 0 aliphatic heterocycles. The molecule has 0 bridgehead atoms. The smallest absolute Gasteiger partial charge is 0.272 e. The summed E-state index contributed by atoms with van der Waals surface area (Å²) >= 11 is 0. The first kappa shape index (κ1) is 16.2. The predicted molar refractivity (Wildman–Crippen MR) is 71.7 cm³/mol. The molecule has 0 radical (unpaired) electrons. The Balaban J connectivity index is 2.74. The summed E-state index contributed by atoms with van der Waals surface area (Å²) in [7, 11) is 0.450. The fourth-order valence-electron chi connectivity index (χ4n) is 1.90. The van der Waals surface area contributed by atoms with Gasteiger partial charge >= 0.3 is 0 Å². The van der Waals surface area contributed by atoms with Gasteiger partial charge in [0.05, 0.1) is 0 Å². The molecule has 6 heteroatoms. The molecule has 0 aromatic heterocycles. The molecule has 0 atom stereocenters. The van der Waals surface area contributed by atoms with E-state index >= 15 is 0 Å². The molecule has 0 aliphatic carbocycles. The van der Waals surface area contributed by atoms with Crippen LogP contribution < -0.4 is 0 Å². The lowest BCUT2D eigenvalue weighted by molar-refractivity contribution is -0.343. The SMILES string of the molecule is CCOC(CCc1cc(F)cc(F)c1)(O[SiH3])OCC. The van der Waals surface area contributed by atoms with Gasteiger partial charge < -0.3 is 13.9 Å². The van der Waals surface area contributed by atoms with Crippen LogP contribution in [0.3, 0.4) is 0 Å². The van der Waals surface area contributed by atoms with Gasteiger partial charge in [0.15, 0.2) is 10.5 Å². The maximum absolute atomic E-state index is 13.1. The van der Waals surface area contributed by atoms with E-state index in [1.54, 1.807) is 0 Å². The van der Waals surface area contributed by atoms with Gasteiger partial charge in [0.2, 0.25) is 0 Å². The lowest BCUT2D eigenvalue weighted by Crippen LogP contribution is -2.39. The monoisotopic (exact) mass is 290 g/mol. The maximum atomic E-state index is 13.1. The first-order valence-electron chi connectivity index (χ1n) is 6.33. The van der Waals surface area contributed by atoms with Gasteiger partial charge in [0.25, 0.3) is 5.97 Å². The fourth-order valence-corrected chi connectivity index (χ4v) is 2.34. The van der Waals surface area contributed by atoms with E-state index < -0.39 is 17.6 Å². The first-order valence-corrected chi connectivity index (χ1v) is 7.15. The Bertz CT molecular complexity index is 375. The molecule has 3 nitrogen and oxygen atoms in total. The Kier molecular flexibility index (Phi) is 6.57. The molecule has 0 saturated carbocycles. The molecule has 0 spiro atoms. The molecule has 0 aliphatic rings. The summed E-state index contributed by atoms with van der Waals surface area (Å²) in [5, 5.41) is 0. The second-order valence-corrected chi connectivity index (χ2v) is 4.44. The molecule has 19 heavy (non-hydrogen) atoms. The van der Waals surface area contributed by atoms with Crippen LogP contribution in [0, 0.1) is 11.6 Å². The third-order valence-electron chi connectivity index (χ3n) is 2.68. The van der Waals surface area contributed by atoms with Crippen LogP contribution in [-0.2, 0) is 20.3 Å². The molecular weight excluding hydrogens is 270 g/mol. The van der Waals surface area contributed by atoms with Gasteiger partial charge in [-0.15, -0.1) is 0 Å². The number of hydrogen-bond donors (Lipinski definition) is 0. The zero-order valence-electron chi connectivity index (χ0n) is 11.5. The molecule has 1 rings (SSSR count). The summed E-state index contributed by atoms with van der Waals surface area (Å²) in [4.78, 5) is 0. The van der Waals surface area contributed by atoms with Crippen molar-refractivity contribution in [1.29, 1.82) is 0 Å². The van der Waals surface area contributed by atoms with Crippen molar-refractivity contribution in [1.82, 2.24) is 0 Å². The molecule has 0 amide bonds. The maximum Gasteiger partial charge on any atom is 0.272 e. The minimum absolute atomic E-state index is 0.390. The molecule has 108 valence electrons. The van der Waals surface area contributed by atoms with Gasteiger partial charge in [-0.1, -0.05) is 0 Å². The zero-order chi connectivity index (χ0) is 14.3. The number of rotatable bonds is 8. The van der Waals surface area contributed by atoms with E-state index in [9.17, 15) is 8.78 Å². The lowest BCUT2D eigenvalue weighted by atomic mass is 10.1. The first-order chi connectivity index (χ1) is 9.05. The second-order valence-electron chi connectivity index (χ2n) is 4.03. The van der Waals surface area contributed by atoms with E-state index in [0.717, 1.165) is 6.07 Å². The highest BCUT2D eigenvalue weighted by Gasteiger charge is 2.30. The van der Waals surface area contributed by atoms with Crippen molar-refractivity contribution in [3.63, 3.8) is 0 Å². The summed E-state index contributed by atoms with van der Waals surface area (Å²) in [6.07, 6.45) is 0.804. The van der Waals surface area contributed by atoms with Crippen LogP contribution >= 0.6 is 0 Å². The van der Waals surface area contributed by atoms with Crippen LogP contribution in [0.4, 0.5) is 8.78 Å². The van der Waals surface area contributed by atoms with Crippen molar-refractivity contribution in [2.75, 3.05) is 13.2 Å². The van der Waals surface area contributed by atoms with Crippen LogP contribution in [-0.4, -0.2) is 29.7 Å². The third kappa shape index (κ3) is 4.98. The van der Waals surface area contributed by atoms with E-state index in [1.807, 2.05) is 13.8 Å². The van der Waals surface area contributed by atoms with Crippen LogP contribution in [0.2, 0.25) is 0 Å². The Labute approximate surface area is 115 Å². The second kappa shape index (κ2) is 7.69. The Morgan fingerprint density at radius 3 is 2.00 bits per heavy atom.